The maximum atomic E-state index is 10.4. The maximum Gasteiger partial charge on any atom is 0.303 e. The molecule has 0 aliphatic rings. The van der Waals surface area contributed by atoms with E-state index in [1.165, 1.54) is 0 Å². The van der Waals surface area contributed by atoms with Crippen molar-refractivity contribution in [2.45, 2.75) is 12.8 Å². The van der Waals surface area contributed by atoms with E-state index in [0.717, 1.165) is 17.9 Å². The molecule has 94 valence electrons. The van der Waals surface area contributed by atoms with Gasteiger partial charge in [-0.2, -0.15) is 0 Å². The smallest absolute Gasteiger partial charge is 0.303 e. The molecule has 0 heterocycles. The summed E-state index contributed by atoms with van der Waals surface area (Å²) in [5.41, 5.74) is 2.27. The van der Waals surface area contributed by atoms with Crippen LogP contribution in [0.4, 0.5) is 11.4 Å². The van der Waals surface area contributed by atoms with Crippen molar-refractivity contribution in [2.24, 2.45) is 0 Å². The van der Waals surface area contributed by atoms with Crippen molar-refractivity contribution in [3.63, 3.8) is 0 Å². The van der Waals surface area contributed by atoms with Crippen LogP contribution >= 0.6 is 0 Å². The molecule has 0 fully saturated rings. The van der Waals surface area contributed by atoms with Gasteiger partial charge in [-0.1, -0.05) is 0 Å². The van der Waals surface area contributed by atoms with E-state index in [4.69, 9.17) is 5.11 Å². The van der Waals surface area contributed by atoms with E-state index < -0.39 is 5.97 Å². The highest BCUT2D eigenvalue weighted by Gasteiger charge is 2.03. The molecule has 0 radical (unpaired) electrons. The zero-order valence-corrected chi connectivity index (χ0v) is 10.7. The van der Waals surface area contributed by atoms with Gasteiger partial charge in [0.2, 0.25) is 0 Å². The minimum Gasteiger partial charge on any atom is -0.481 e. The van der Waals surface area contributed by atoms with E-state index in [1.807, 2.05) is 26.0 Å². The highest BCUT2D eigenvalue weighted by Crippen LogP contribution is 2.18. The highest BCUT2D eigenvalue weighted by atomic mass is 16.4. The average Bonchev–Trinajstić information content (AvgIpc) is 2.28. The Labute approximate surface area is 102 Å². The van der Waals surface area contributed by atoms with Crippen LogP contribution in [-0.4, -0.2) is 38.8 Å². The summed E-state index contributed by atoms with van der Waals surface area (Å²) >= 11 is 0. The fourth-order valence-corrected chi connectivity index (χ4v) is 1.60. The molecule has 0 spiro atoms. The highest BCUT2D eigenvalue weighted by molar-refractivity contribution is 5.66. The Morgan fingerprint density at radius 3 is 2.12 bits per heavy atom. The molecule has 0 atom stereocenters. The maximum absolute atomic E-state index is 10.4. The molecule has 0 unspecified atom stereocenters. The summed E-state index contributed by atoms with van der Waals surface area (Å²) in [6.45, 7) is 0.758. The number of hydrogen-bond acceptors (Lipinski definition) is 3. The first-order valence-electron chi connectivity index (χ1n) is 5.71. The largest absolute Gasteiger partial charge is 0.481 e. The molecule has 1 aromatic rings. The molecule has 1 aromatic carbocycles. The lowest BCUT2D eigenvalue weighted by Crippen LogP contribution is -2.19. The number of nitrogens with zero attached hydrogens (tertiary/aromatic N) is 2. The lowest BCUT2D eigenvalue weighted by atomic mass is 10.2. The Bertz CT molecular complexity index is 360. The van der Waals surface area contributed by atoms with Gasteiger partial charge < -0.3 is 14.9 Å². The predicted octanol–water partition coefficient (Wildman–Crippen LogP) is 2.05. The van der Waals surface area contributed by atoms with Crippen molar-refractivity contribution in [2.75, 3.05) is 37.5 Å². The van der Waals surface area contributed by atoms with Crippen molar-refractivity contribution < 1.29 is 9.90 Å². The van der Waals surface area contributed by atoms with Crippen LogP contribution < -0.4 is 9.80 Å². The van der Waals surface area contributed by atoms with Crippen LogP contribution in [0.15, 0.2) is 24.3 Å². The van der Waals surface area contributed by atoms with Crippen molar-refractivity contribution in [1.82, 2.24) is 0 Å². The van der Waals surface area contributed by atoms with E-state index in [1.54, 1.807) is 0 Å². The number of carboxylic acid groups (broad SMARTS) is 1. The second-order valence-corrected chi connectivity index (χ2v) is 4.33. The number of anilines is 2. The van der Waals surface area contributed by atoms with Crippen LogP contribution in [0.2, 0.25) is 0 Å². The molecule has 0 aliphatic carbocycles. The standard InChI is InChI=1S/C13H20N2O2/c1-14(2)11-6-8-12(9-7-11)15(3)10-4-5-13(16)17/h6-9H,4-5,10H2,1-3H3,(H,16,17). The SMILES string of the molecule is CN(C)c1ccc(N(C)CCCC(=O)O)cc1. The van der Waals surface area contributed by atoms with Crippen molar-refractivity contribution >= 4 is 17.3 Å². The van der Waals surface area contributed by atoms with Crippen LogP contribution in [0, 0.1) is 0 Å². The third kappa shape index (κ3) is 4.34. The van der Waals surface area contributed by atoms with Gasteiger partial charge >= 0.3 is 5.97 Å². The van der Waals surface area contributed by atoms with Gasteiger partial charge in [-0.15, -0.1) is 0 Å². The summed E-state index contributed by atoms with van der Waals surface area (Å²) in [7, 11) is 5.99. The van der Waals surface area contributed by atoms with E-state index in [2.05, 4.69) is 29.2 Å². The Morgan fingerprint density at radius 1 is 1.12 bits per heavy atom. The Balaban J connectivity index is 2.51. The molecule has 1 rings (SSSR count). The fourth-order valence-electron chi connectivity index (χ4n) is 1.60. The normalized spacial score (nSPS) is 10.1. The lowest BCUT2D eigenvalue weighted by molar-refractivity contribution is -0.137. The molecule has 0 saturated carbocycles. The molecule has 4 nitrogen and oxygen atoms in total. The summed E-state index contributed by atoms with van der Waals surface area (Å²) in [4.78, 5) is 14.5. The Kier molecular flexibility index (Phi) is 4.82. The Hall–Kier alpha value is -1.71. The minimum atomic E-state index is -0.735. The number of carboxylic acids is 1. The second-order valence-electron chi connectivity index (χ2n) is 4.33. The zero-order valence-electron chi connectivity index (χ0n) is 10.7. The summed E-state index contributed by atoms with van der Waals surface area (Å²) in [6, 6.07) is 8.22. The molecule has 4 heteroatoms. The molecular weight excluding hydrogens is 216 g/mol. The topological polar surface area (TPSA) is 43.8 Å². The molecule has 0 bridgehead atoms. The first-order chi connectivity index (χ1) is 8.00. The van der Waals surface area contributed by atoms with Gasteiger partial charge in [0.05, 0.1) is 0 Å². The first kappa shape index (κ1) is 13.4. The van der Waals surface area contributed by atoms with E-state index in [-0.39, 0.29) is 6.42 Å². The predicted molar refractivity (Wildman–Crippen MR) is 70.9 cm³/mol. The molecule has 0 amide bonds. The number of rotatable bonds is 6. The van der Waals surface area contributed by atoms with Crippen LogP contribution in [0.5, 0.6) is 0 Å². The molecule has 0 aliphatic heterocycles. The van der Waals surface area contributed by atoms with Crippen LogP contribution in [0.25, 0.3) is 0 Å². The van der Waals surface area contributed by atoms with Gasteiger partial charge in [0, 0.05) is 45.5 Å². The zero-order chi connectivity index (χ0) is 12.8. The summed E-state index contributed by atoms with van der Waals surface area (Å²) < 4.78 is 0. The van der Waals surface area contributed by atoms with Crippen molar-refractivity contribution in [3.8, 4) is 0 Å². The quantitative estimate of drug-likeness (QED) is 0.821. The summed E-state index contributed by atoms with van der Waals surface area (Å²) in [5.74, 6) is -0.735. The third-order valence-electron chi connectivity index (χ3n) is 2.69. The van der Waals surface area contributed by atoms with Crippen LogP contribution in [-0.2, 0) is 4.79 Å². The fraction of sp³-hybridized carbons (Fsp3) is 0.462. The number of benzene rings is 1. The summed E-state index contributed by atoms with van der Waals surface area (Å²) in [5, 5.41) is 8.57. The van der Waals surface area contributed by atoms with Gasteiger partial charge in [0.1, 0.15) is 0 Å². The van der Waals surface area contributed by atoms with Crippen LogP contribution in [0.1, 0.15) is 12.8 Å². The Morgan fingerprint density at radius 2 is 1.65 bits per heavy atom. The second kappa shape index (κ2) is 6.13. The number of carbonyl (C=O) groups is 1. The monoisotopic (exact) mass is 236 g/mol. The molecule has 17 heavy (non-hydrogen) atoms. The van der Waals surface area contributed by atoms with Crippen LogP contribution in [0.3, 0.4) is 0 Å². The first-order valence-corrected chi connectivity index (χ1v) is 5.71. The van der Waals surface area contributed by atoms with Gasteiger partial charge in [0.25, 0.3) is 0 Å². The third-order valence-corrected chi connectivity index (χ3v) is 2.69. The lowest BCUT2D eigenvalue weighted by Gasteiger charge is -2.20. The van der Waals surface area contributed by atoms with Gasteiger partial charge in [0.15, 0.2) is 0 Å². The van der Waals surface area contributed by atoms with Crippen molar-refractivity contribution in [3.05, 3.63) is 24.3 Å². The van der Waals surface area contributed by atoms with E-state index in [9.17, 15) is 4.79 Å². The molecular formula is C13H20N2O2. The van der Waals surface area contributed by atoms with Gasteiger partial charge in [-0.05, 0) is 30.7 Å². The molecule has 0 aromatic heterocycles. The van der Waals surface area contributed by atoms with E-state index >= 15 is 0 Å². The molecule has 0 saturated heterocycles. The minimum absolute atomic E-state index is 0.222. The van der Waals surface area contributed by atoms with E-state index in [0.29, 0.717) is 6.42 Å². The average molecular weight is 236 g/mol. The molecule has 1 N–H and O–H groups in total. The van der Waals surface area contributed by atoms with Gasteiger partial charge in [-0.3, -0.25) is 4.79 Å². The summed E-state index contributed by atoms with van der Waals surface area (Å²) in [6.07, 6.45) is 0.890. The van der Waals surface area contributed by atoms with Gasteiger partial charge in [-0.25, -0.2) is 0 Å². The van der Waals surface area contributed by atoms with Crippen molar-refractivity contribution in [1.29, 1.82) is 0 Å². The number of aliphatic carboxylic acids is 1. The number of hydrogen-bond donors (Lipinski definition) is 1.